The summed E-state index contributed by atoms with van der Waals surface area (Å²) in [6.45, 7) is 10.5. The Balaban J connectivity index is 2.54. The summed E-state index contributed by atoms with van der Waals surface area (Å²) in [5, 5.41) is 3.55. The maximum absolute atomic E-state index is 3.55. The van der Waals surface area contributed by atoms with Gasteiger partial charge in [-0.25, -0.2) is 0 Å². The largest absolute Gasteiger partial charge is 0.314 e. The molecule has 1 rings (SSSR count). The molecule has 0 spiro atoms. The molecule has 1 nitrogen and oxygen atoms in total. The Hall–Kier alpha value is -0.0400. The molecule has 0 aromatic carbocycles. The van der Waals surface area contributed by atoms with Crippen LogP contribution in [0.4, 0.5) is 0 Å². The standard InChI is InChI=1S/C10H21N/c1-5-9-8(4)11-6-10(9)7(2)3/h7-11H,5-6H2,1-4H3/t8-,9-,10+/m0/s1. The van der Waals surface area contributed by atoms with E-state index in [9.17, 15) is 0 Å². The Kier molecular flexibility index (Phi) is 2.94. The third kappa shape index (κ3) is 1.76. The lowest BCUT2D eigenvalue weighted by atomic mass is 9.82. The smallest absolute Gasteiger partial charge is 0.00702 e. The van der Waals surface area contributed by atoms with Gasteiger partial charge < -0.3 is 5.32 Å². The van der Waals surface area contributed by atoms with E-state index in [-0.39, 0.29) is 0 Å². The van der Waals surface area contributed by atoms with Gasteiger partial charge in [0.15, 0.2) is 0 Å². The van der Waals surface area contributed by atoms with Gasteiger partial charge in [-0.05, 0) is 31.2 Å². The third-order valence-corrected chi connectivity index (χ3v) is 3.20. The Labute approximate surface area is 70.6 Å². The van der Waals surface area contributed by atoms with Crippen LogP contribution < -0.4 is 5.32 Å². The summed E-state index contributed by atoms with van der Waals surface area (Å²) < 4.78 is 0. The highest BCUT2D eigenvalue weighted by molar-refractivity contribution is 4.88. The summed E-state index contributed by atoms with van der Waals surface area (Å²) in [5.74, 6) is 2.67. The van der Waals surface area contributed by atoms with Gasteiger partial charge in [-0.15, -0.1) is 0 Å². The van der Waals surface area contributed by atoms with E-state index in [1.165, 1.54) is 13.0 Å². The zero-order valence-corrected chi connectivity index (χ0v) is 8.22. The summed E-state index contributed by atoms with van der Waals surface area (Å²) in [6.07, 6.45) is 1.33. The molecule has 3 atom stereocenters. The fourth-order valence-electron chi connectivity index (χ4n) is 2.38. The Morgan fingerprint density at radius 1 is 1.45 bits per heavy atom. The van der Waals surface area contributed by atoms with Gasteiger partial charge in [0, 0.05) is 6.04 Å². The average Bonchev–Trinajstić information content (AvgIpc) is 2.30. The first-order valence-corrected chi connectivity index (χ1v) is 4.90. The summed E-state index contributed by atoms with van der Waals surface area (Å²) in [4.78, 5) is 0. The molecule has 0 aromatic heterocycles. The molecule has 1 heterocycles. The number of hydrogen-bond acceptors (Lipinski definition) is 1. The molecule has 0 aliphatic carbocycles. The molecule has 0 aromatic rings. The molecule has 1 aliphatic rings. The maximum Gasteiger partial charge on any atom is 0.00702 e. The molecule has 0 amide bonds. The fraction of sp³-hybridized carbons (Fsp3) is 1.00. The van der Waals surface area contributed by atoms with Crippen molar-refractivity contribution in [3.8, 4) is 0 Å². The van der Waals surface area contributed by atoms with Gasteiger partial charge in [0.25, 0.3) is 0 Å². The van der Waals surface area contributed by atoms with E-state index in [0.717, 1.165) is 23.8 Å². The van der Waals surface area contributed by atoms with Gasteiger partial charge >= 0.3 is 0 Å². The summed E-state index contributed by atoms with van der Waals surface area (Å²) >= 11 is 0. The van der Waals surface area contributed by atoms with Gasteiger partial charge in [0.05, 0.1) is 0 Å². The van der Waals surface area contributed by atoms with E-state index in [1.807, 2.05) is 0 Å². The molecule has 66 valence electrons. The van der Waals surface area contributed by atoms with Crippen molar-refractivity contribution >= 4 is 0 Å². The van der Waals surface area contributed by atoms with Gasteiger partial charge in [-0.3, -0.25) is 0 Å². The molecule has 0 saturated carbocycles. The van der Waals surface area contributed by atoms with Crippen LogP contribution in [0.15, 0.2) is 0 Å². The monoisotopic (exact) mass is 155 g/mol. The van der Waals surface area contributed by atoms with Crippen LogP contribution in [0.5, 0.6) is 0 Å². The molecule has 1 saturated heterocycles. The van der Waals surface area contributed by atoms with Crippen molar-refractivity contribution < 1.29 is 0 Å². The van der Waals surface area contributed by atoms with Crippen molar-refractivity contribution in [2.45, 2.75) is 40.2 Å². The molecule has 0 unspecified atom stereocenters. The van der Waals surface area contributed by atoms with Crippen LogP contribution in [0.3, 0.4) is 0 Å². The minimum absolute atomic E-state index is 0.743. The number of rotatable bonds is 2. The van der Waals surface area contributed by atoms with Crippen molar-refractivity contribution in [3.63, 3.8) is 0 Å². The summed E-state index contributed by atoms with van der Waals surface area (Å²) in [7, 11) is 0. The van der Waals surface area contributed by atoms with Crippen molar-refractivity contribution in [3.05, 3.63) is 0 Å². The lowest BCUT2D eigenvalue weighted by molar-refractivity contribution is 0.289. The SMILES string of the molecule is CC[C@H]1[C@H](C)NC[C@@H]1C(C)C. The lowest BCUT2D eigenvalue weighted by Crippen LogP contribution is -2.23. The Bertz CT molecular complexity index is 120. The van der Waals surface area contributed by atoms with E-state index < -0.39 is 0 Å². The molecule has 0 radical (unpaired) electrons. The van der Waals surface area contributed by atoms with E-state index in [2.05, 4.69) is 33.0 Å². The van der Waals surface area contributed by atoms with Crippen LogP contribution in [0.2, 0.25) is 0 Å². The second kappa shape index (κ2) is 3.57. The predicted octanol–water partition coefficient (Wildman–Crippen LogP) is 2.28. The van der Waals surface area contributed by atoms with Crippen molar-refractivity contribution in [1.29, 1.82) is 0 Å². The molecule has 11 heavy (non-hydrogen) atoms. The maximum atomic E-state index is 3.55. The van der Waals surface area contributed by atoms with Crippen LogP contribution in [0.1, 0.15) is 34.1 Å². The highest BCUT2D eigenvalue weighted by atomic mass is 15.0. The van der Waals surface area contributed by atoms with Gasteiger partial charge in [0.2, 0.25) is 0 Å². The number of nitrogens with one attached hydrogen (secondary N) is 1. The van der Waals surface area contributed by atoms with E-state index in [0.29, 0.717) is 0 Å². The fourth-order valence-corrected chi connectivity index (χ4v) is 2.38. The van der Waals surface area contributed by atoms with Gasteiger partial charge in [-0.1, -0.05) is 27.2 Å². The molecule has 1 N–H and O–H groups in total. The number of hydrogen-bond donors (Lipinski definition) is 1. The quantitative estimate of drug-likeness (QED) is 0.645. The normalized spacial score (nSPS) is 38.5. The van der Waals surface area contributed by atoms with Crippen molar-refractivity contribution in [2.24, 2.45) is 17.8 Å². The van der Waals surface area contributed by atoms with Crippen molar-refractivity contribution in [1.82, 2.24) is 5.32 Å². The highest BCUT2D eigenvalue weighted by Gasteiger charge is 2.32. The van der Waals surface area contributed by atoms with Crippen LogP contribution >= 0.6 is 0 Å². The van der Waals surface area contributed by atoms with Crippen LogP contribution in [-0.4, -0.2) is 12.6 Å². The zero-order valence-electron chi connectivity index (χ0n) is 8.22. The summed E-state index contributed by atoms with van der Waals surface area (Å²) in [6, 6.07) is 0.743. The first kappa shape index (κ1) is 9.05. The Morgan fingerprint density at radius 2 is 2.09 bits per heavy atom. The van der Waals surface area contributed by atoms with Gasteiger partial charge in [-0.2, -0.15) is 0 Å². The predicted molar refractivity (Wildman–Crippen MR) is 49.6 cm³/mol. The first-order chi connectivity index (χ1) is 5.16. The molecule has 1 fully saturated rings. The first-order valence-electron chi connectivity index (χ1n) is 4.90. The summed E-state index contributed by atoms with van der Waals surface area (Å²) in [5.41, 5.74) is 0. The second-order valence-electron chi connectivity index (χ2n) is 4.18. The zero-order chi connectivity index (χ0) is 8.43. The minimum atomic E-state index is 0.743. The van der Waals surface area contributed by atoms with Crippen molar-refractivity contribution in [2.75, 3.05) is 6.54 Å². The average molecular weight is 155 g/mol. The molecule has 0 bridgehead atoms. The van der Waals surface area contributed by atoms with E-state index >= 15 is 0 Å². The second-order valence-corrected chi connectivity index (χ2v) is 4.18. The van der Waals surface area contributed by atoms with Crippen LogP contribution in [-0.2, 0) is 0 Å². The van der Waals surface area contributed by atoms with E-state index in [1.54, 1.807) is 0 Å². The topological polar surface area (TPSA) is 12.0 Å². The Morgan fingerprint density at radius 3 is 2.45 bits per heavy atom. The van der Waals surface area contributed by atoms with Crippen LogP contribution in [0, 0.1) is 17.8 Å². The minimum Gasteiger partial charge on any atom is -0.314 e. The molecular weight excluding hydrogens is 134 g/mol. The molecule has 1 aliphatic heterocycles. The van der Waals surface area contributed by atoms with E-state index in [4.69, 9.17) is 0 Å². The van der Waals surface area contributed by atoms with Crippen LogP contribution in [0.25, 0.3) is 0 Å². The third-order valence-electron chi connectivity index (χ3n) is 3.20. The molecule has 1 heteroatoms. The van der Waals surface area contributed by atoms with Gasteiger partial charge in [0.1, 0.15) is 0 Å². The highest BCUT2D eigenvalue weighted by Crippen LogP contribution is 2.30. The molecular formula is C10H21N. The lowest BCUT2D eigenvalue weighted by Gasteiger charge is -2.22.